The zero-order valence-corrected chi connectivity index (χ0v) is 13.3. The first-order chi connectivity index (χ1) is 7.28. The van der Waals surface area contributed by atoms with Crippen molar-refractivity contribution in [1.82, 2.24) is 5.32 Å². The van der Waals surface area contributed by atoms with Gasteiger partial charge in [0.15, 0.2) is 0 Å². The van der Waals surface area contributed by atoms with E-state index in [9.17, 15) is 4.79 Å². The molecule has 0 aliphatic carbocycles. The van der Waals surface area contributed by atoms with Crippen LogP contribution < -0.4 is 11.1 Å². The van der Waals surface area contributed by atoms with Gasteiger partial charge in [-0.05, 0) is 12.8 Å². The molecule has 0 fully saturated rings. The Kier molecular flexibility index (Phi) is 9.39. The van der Waals surface area contributed by atoms with Crippen molar-refractivity contribution in [2.45, 2.75) is 57.7 Å². The number of hydrogen-bond acceptors (Lipinski definition) is 3. The van der Waals surface area contributed by atoms with Gasteiger partial charge in [-0.1, -0.05) is 34.6 Å². The van der Waals surface area contributed by atoms with Gasteiger partial charge >= 0.3 is 0 Å². The minimum Gasteiger partial charge on any atom is -0.349 e. The first kappa shape index (κ1) is 19.4. The maximum Gasteiger partial charge on any atom is 0.230 e. The monoisotopic (exact) mass is 282 g/mol. The Morgan fingerprint density at radius 2 is 1.71 bits per heavy atom. The second-order valence-corrected chi connectivity index (χ2v) is 6.94. The Morgan fingerprint density at radius 3 is 2.00 bits per heavy atom. The van der Waals surface area contributed by atoms with Crippen LogP contribution in [0.4, 0.5) is 0 Å². The zero-order valence-electron chi connectivity index (χ0n) is 11.6. The normalized spacial score (nSPS) is 11.9. The van der Waals surface area contributed by atoms with Gasteiger partial charge in [0.05, 0.1) is 11.3 Å². The van der Waals surface area contributed by atoms with Crippen LogP contribution in [0, 0.1) is 0 Å². The summed E-state index contributed by atoms with van der Waals surface area (Å²) in [6.07, 6.45) is 1.76. The molecule has 3 N–H and O–H groups in total. The summed E-state index contributed by atoms with van der Waals surface area (Å²) in [7, 11) is 0. The highest BCUT2D eigenvalue weighted by Gasteiger charge is 2.26. The predicted octanol–water partition coefficient (Wildman–Crippen LogP) is 2.57. The molecule has 0 heterocycles. The second-order valence-electron chi connectivity index (χ2n) is 5.14. The van der Waals surface area contributed by atoms with Gasteiger partial charge in [-0.25, -0.2) is 0 Å². The largest absolute Gasteiger partial charge is 0.349 e. The number of hydrogen-bond donors (Lipinski definition) is 2. The molecule has 0 radical (unpaired) electrons. The minimum atomic E-state index is -0.213. The molecule has 0 atom stereocenters. The van der Waals surface area contributed by atoms with E-state index in [0.717, 1.165) is 12.8 Å². The highest BCUT2D eigenvalue weighted by Crippen LogP contribution is 2.23. The molecule has 1 amide bonds. The van der Waals surface area contributed by atoms with Crippen molar-refractivity contribution in [2.75, 3.05) is 12.3 Å². The van der Waals surface area contributed by atoms with Crippen molar-refractivity contribution < 1.29 is 4.79 Å². The van der Waals surface area contributed by atoms with Gasteiger partial charge in [-0.3, -0.25) is 4.79 Å². The van der Waals surface area contributed by atoms with Crippen LogP contribution in [0.3, 0.4) is 0 Å². The second kappa shape index (κ2) is 8.22. The van der Waals surface area contributed by atoms with Crippen molar-refractivity contribution in [3.05, 3.63) is 0 Å². The third-order valence-corrected chi connectivity index (χ3v) is 4.06. The van der Waals surface area contributed by atoms with Crippen molar-refractivity contribution in [1.29, 1.82) is 0 Å². The summed E-state index contributed by atoms with van der Waals surface area (Å²) in [6, 6.07) is 0. The molecule has 0 bridgehead atoms. The number of carbonyl (C=O) groups excluding carboxylic acids is 1. The van der Waals surface area contributed by atoms with Crippen molar-refractivity contribution >= 4 is 30.1 Å². The summed E-state index contributed by atoms with van der Waals surface area (Å²) in [4.78, 5) is 11.8. The third-order valence-electron chi connectivity index (χ3n) is 2.79. The standard InChI is InChI=1S/C12H26N2OS.ClH/c1-6-12(7-2,9-13)14-10(15)8-16-11(3,4)5;/h6-9,13H2,1-5H3,(H,14,15);1H. The van der Waals surface area contributed by atoms with Gasteiger partial charge in [0.2, 0.25) is 5.91 Å². The van der Waals surface area contributed by atoms with E-state index in [4.69, 9.17) is 5.73 Å². The highest BCUT2D eigenvalue weighted by atomic mass is 35.5. The molecular formula is C12H27ClN2OS. The van der Waals surface area contributed by atoms with Gasteiger partial charge < -0.3 is 11.1 Å². The molecule has 104 valence electrons. The Labute approximate surface area is 116 Å². The molecule has 17 heavy (non-hydrogen) atoms. The van der Waals surface area contributed by atoms with Gasteiger partial charge in [-0.2, -0.15) is 0 Å². The van der Waals surface area contributed by atoms with Crippen LogP contribution in [0.1, 0.15) is 47.5 Å². The average Bonchev–Trinajstić information content (AvgIpc) is 2.22. The molecule has 0 aromatic heterocycles. The lowest BCUT2D eigenvalue weighted by Crippen LogP contribution is -2.53. The quantitative estimate of drug-likeness (QED) is 0.787. The maximum atomic E-state index is 11.8. The van der Waals surface area contributed by atoms with E-state index in [1.54, 1.807) is 11.8 Å². The molecule has 0 rings (SSSR count). The van der Waals surface area contributed by atoms with E-state index >= 15 is 0 Å². The SMILES string of the molecule is CCC(CC)(CN)NC(=O)CSC(C)(C)C.Cl. The summed E-state index contributed by atoms with van der Waals surface area (Å²) < 4.78 is 0.126. The Morgan fingerprint density at radius 1 is 1.24 bits per heavy atom. The zero-order chi connectivity index (χ0) is 12.8. The Balaban J connectivity index is 0. The lowest BCUT2D eigenvalue weighted by atomic mass is 9.93. The molecule has 3 nitrogen and oxygen atoms in total. The van der Waals surface area contributed by atoms with Crippen LogP contribution in [0.2, 0.25) is 0 Å². The molecule has 0 aliphatic rings. The number of rotatable bonds is 6. The molecule has 0 aromatic carbocycles. The minimum absolute atomic E-state index is 0. The Bertz CT molecular complexity index is 217. The topological polar surface area (TPSA) is 55.1 Å². The summed E-state index contributed by atoms with van der Waals surface area (Å²) >= 11 is 1.66. The van der Waals surface area contributed by atoms with Crippen LogP contribution in [0.15, 0.2) is 0 Å². The first-order valence-electron chi connectivity index (χ1n) is 5.93. The molecule has 0 aliphatic heterocycles. The van der Waals surface area contributed by atoms with Crippen molar-refractivity contribution in [3.63, 3.8) is 0 Å². The van der Waals surface area contributed by atoms with Crippen molar-refractivity contribution in [2.24, 2.45) is 5.73 Å². The summed E-state index contributed by atoms with van der Waals surface area (Å²) in [5.41, 5.74) is 5.52. The van der Waals surface area contributed by atoms with Gasteiger partial charge in [0.1, 0.15) is 0 Å². The molecule has 0 aromatic rings. The molecule has 5 heteroatoms. The molecule has 0 spiro atoms. The number of nitrogens with two attached hydrogens (primary N) is 1. The van der Waals surface area contributed by atoms with Crippen LogP contribution >= 0.6 is 24.2 Å². The third kappa shape index (κ3) is 7.90. The fraction of sp³-hybridized carbons (Fsp3) is 0.917. The lowest BCUT2D eigenvalue weighted by Gasteiger charge is -2.31. The van der Waals surface area contributed by atoms with Crippen LogP contribution in [-0.2, 0) is 4.79 Å². The maximum absolute atomic E-state index is 11.8. The summed E-state index contributed by atoms with van der Waals surface area (Å²) in [5, 5.41) is 3.07. The molecular weight excluding hydrogens is 256 g/mol. The van der Waals surface area contributed by atoms with E-state index < -0.39 is 0 Å². The van der Waals surface area contributed by atoms with E-state index in [1.165, 1.54) is 0 Å². The van der Waals surface area contributed by atoms with Gasteiger partial charge in [0.25, 0.3) is 0 Å². The number of thioether (sulfide) groups is 1. The van der Waals surface area contributed by atoms with Crippen molar-refractivity contribution in [3.8, 4) is 0 Å². The van der Waals surface area contributed by atoms with Crippen LogP contribution in [0.25, 0.3) is 0 Å². The predicted molar refractivity (Wildman–Crippen MR) is 80.0 cm³/mol. The highest BCUT2D eigenvalue weighted by molar-refractivity contribution is 8.01. The Hall–Kier alpha value is 0.0700. The molecule has 0 unspecified atom stereocenters. The lowest BCUT2D eigenvalue weighted by molar-refractivity contribution is -0.120. The molecule has 0 saturated carbocycles. The number of amides is 1. The van der Waals surface area contributed by atoms with Crippen LogP contribution in [0.5, 0.6) is 0 Å². The fourth-order valence-electron chi connectivity index (χ4n) is 1.38. The average molecular weight is 283 g/mol. The summed E-state index contributed by atoms with van der Waals surface area (Å²) in [5.74, 6) is 0.597. The number of nitrogens with one attached hydrogen (secondary N) is 1. The fourth-order valence-corrected chi connectivity index (χ4v) is 2.02. The van der Waals surface area contributed by atoms with E-state index in [-0.39, 0.29) is 28.6 Å². The van der Waals surface area contributed by atoms with Crippen LogP contribution in [-0.4, -0.2) is 28.5 Å². The number of carbonyl (C=O) groups is 1. The smallest absolute Gasteiger partial charge is 0.230 e. The van der Waals surface area contributed by atoms with Gasteiger partial charge in [-0.15, -0.1) is 24.2 Å². The number of halogens is 1. The first-order valence-corrected chi connectivity index (χ1v) is 6.92. The van der Waals surface area contributed by atoms with E-state index in [2.05, 4.69) is 39.9 Å². The summed E-state index contributed by atoms with van der Waals surface area (Å²) in [6.45, 7) is 11.0. The van der Waals surface area contributed by atoms with Gasteiger partial charge in [0, 0.05) is 11.3 Å². The van der Waals surface area contributed by atoms with E-state index in [1.807, 2.05) is 0 Å². The van der Waals surface area contributed by atoms with E-state index in [0.29, 0.717) is 12.3 Å². The molecule has 0 saturated heterocycles.